The average Bonchev–Trinajstić information content (AvgIpc) is 2.97. The molecule has 0 bridgehead atoms. The lowest BCUT2D eigenvalue weighted by Gasteiger charge is -2.35. The lowest BCUT2D eigenvalue weighted by molar-refractivity contribution is 0.196. The second kappa shape index (κ2) is 7.47. The fourth-order valence-corrected chi connectivity index (χ4v) is 4.15. The Morgan fingerprint density at radius 1 is 1.23 bits per heavy atom. The number of ether oxygens (including phenoxy) is 1. The van der Waals surface area contributed by atoms with E-state index in [2.05, 4.69) is 34.5 Å². The molecule has 0 saturated carbocycles. The molecule has 1 fully saturated rings. The summed E-state index contributed by atoms with van der Waals surface area (Å²) in [5.41, 5.74) is 1.23. The Morgan fingerprint density at radius 2 is 2.00 bits per heavy atom. The van der Waals surface area contributed by atoms with Crippen LogP contribution in [0.3, 0.4) is 0 Å². The molecule has 2 heterocycles. The lowest BCUT2D eigenvalue weighted by Crippen LogP contribution is -2.45. The van der Waals surface area contributed by atoms with Crippen molar-refractivity contribution >= 4 is 22.9 Å². The molecule has 2 aromatic rings. The highest BCUT2D eigenvalue weighted by Gasteiger charge is 2.27. The van der Waals surface area contributed by atoms with E-state index in [-0.39, 0.29) is 6.04 Å². The molecule has 1 N–H and O–H groups in total. The standard InChI is InChI=1S/C17H21ClN2OS/c1-2-21-14-6-4-3-5-13(14)17(15-7-8-16(18)22-15)20-11-9-19-10-12-20/h3-8,17,19H,2,9-12H2,1H3. The van der Waals surface area contributed by atoms with Crippen LogP contribution in [0.5, 0.6) is 5.75 Å². The molecule has 1 atom stereocenters. The molecular weight excluding hydrogens is 316 g/mol. The maximum atomic E-state index is 6.19. The number of rotatable bonds is 5. The molecule has 0 spiro atoms. The lowest BCUT2D eigenvalue weighted by atomic mass is 10.0. The number of nitrogens with one attached hydrogen (secondary N) is 1. The van der Waals surface area contributed by atoms with Gasteiger partial charge in [0.25, 0.3) is 0 Å². The molecule has 1 aliphatic heterocycles. The van der Waals surface area contributed by atoms with Gasteiger partial charge in [-0.25, -0.2) is 0 Å². The van der Waals surface area contributed by atoms with Crippen LogP contribution in [0.4, 0.5) is 0 Å². The first-order chi connectivity index (χ1) is 10.8. The average molecular weight is 337 g/mol. The van der Waals surface area contributed by atoms with Gasteiger partial charge in [-0.2, -0.15) is 0 Å². The van der Waals surface area contributed by atoms with Crippen LogP contribution in [-0.4, -0.2) is 37.7 Å². The topological polar surface area (TPSA) is 24.5 Å². The third-order valence-electron chi connectivity index (χ3n) is 3.89. The molecule has 0 aliphatic carbocycles. The van der Waals surface area contributed by atoms with Crippen molar-refractivity contribution in [1.82, 2.24) is 10.2 Å². The molecule has 1 unspecified atom stereocenters. The molecule has 5 heteroatoms. The number of benzene rings is 1. The highest BCUT2D eigenvalue weighted by Crippen LogP contribution is 2.39. The van der Waals surface area contributed by atoms with E-state index < -0.39 is 0 Å². The minimum Gasteiger partial charge on any atom is -0.494 e. The fraction of sp³-hybridized carbons (Fsp3) is 0.412. The van der Waals surface area contributed by atoms with Crippen LogP contribution in [0.1, 0.15) is 23.4 Å². The Bertz CT molecular complexity index is 610. The normalized spacial score (nSPS) is 17.4. The number of para-hydroxylation sites is 1. The number of hydrogen-bond donors (Lipinski definition) is 1. The van der Waals surface area contributed by atoms with E-state index in [1.807, 2.05) is 19.1 Å². The van der Waals surface area contributed by atoms with Crippen molar-refractivity contribution in [1.29, 1.82) is 0 Å². The summed E-state index contributed by atoms with van der Waals surface area (Å²) < 4.78 is 6.70. The van der Waals surface area contributed by atoms with Gasteiger partial charge in [-0.1, -0.05) is 29.8 Å². The van der Waals surface area contributed by atoms with Gasteiger partial charge in [-0.3, -0.25) is 4.90 Å². The molecule has 1 aromatic heterocycles. The van der Waals surface area contributed by atoms with E-state index >= 15 is 0 Å². The van der Waals surface area contributed by atoms with Gasteiger partial charge in [-0.15, -0.1) is 11.3 Å². The zero-order chi connectivity index (χ0) is 15.4. The van der Waals surface area contributed by atoms with Crippen LogP contribution in [0.25, 0.3) is 0 Å². The number of halogens is 1. The van der Waals surface area contributed by atoms with Crippen molar-refractivity contribution in [3.05, 3.63) is 51.2 Å². The first-order valence-corrected chi connectivity index (χ1v) is 8.90. The summed E-state index contributed by atoms with van der Waals surface area (Å²) in [5, 5.41) is 3.42. The number of thiophene rings is 1. The van der Waals surface area contributed by atoms with E-state index in [1.54, 1.807) is 11.3 Å². The largest absolute Gasteiger partial charge is 0.494 e. The first kappa shape index (κ1) is 15.8. The van der Waals surface area contributed by atoms with Crippen molar-refractivity contribution in [2.75, 3.05) is 32.8 Å². The third-order valence-corrected chi connectivity index (χ3v) is 5.18. The summed E-state index contributed by atoms with van der Waals surface area (Å²) in [4.78, 5) is 3.79. The Labute approximate surface area is 140 Å². The van der Waals surface area contributed by atoms with Crippen LogP contribution in [-0.2, 0) is 0 Å². The number of hydrogen-bond acceptors (Lipinski definition) is 4. The van der Waals surface area contributed by atoms with Crippen molar-refractivity contribution in [3.63, 3.8) is 0 Å². The van der Waals surface area contributed by atoms with Crippen molar-refractivity contribution in [2.24, 2.45) is 0 Å². The zero-order valence-electron chi connectivity index (χ0n) is 12.7. The second-order valence-corrected chi connectivity index (χ2v) is 7.05. The van der Waals surface area contributed by atoms with Crippen LogP contribution >= 0.6 is 22.9 Å². The quantitative estimate of drug-likeness (QED) is 0.899. The van der Waals surface area contributed by atoms with E-state index in [0.29, 0.717) is 6.61 Å². The number of piperazine rings is 1. The monoisotopic (exact) mass is 336 g/mol. The van der Waals surface area contributed by atoms with Crippen LogP contribution in [0.2, 0.25) is 4.34 Å². The SMILES string of the molecule is CCOc1ccccc1C(c1ccc(Cl)s1)N1CCNCC1. The highest BCUT2D eigenvalue weighted by atomic mass is 35.5. The Kier molecular flexibility index (Phi) is 5.37. The second-order valence-electron chi connectivity index (χ2n) is 5.30. The molecule has 1 saturated heterocycles. The summed E-state index contributed by atoms with van der Waals surface area (Å²) in [6.07, 6.45) is 0. The first-order valence-electron chi connectivity index (χ1n) is 7.71. The highest BCUT2D eigenvalue weighted by molar-refractivity contribution is 7.16. The van der Waals surface area contributed by atoms with E-state index in [4.69, 9.17) is 16.3 Å². The van der Waals surface area contributed by atoms with Crippen LogP contribution in [0.15, 0.2) is 36.4 Å². The predicted octanol–water partition coefficient (Wildman–Crippen LogP) is 3.79. The van der Waals surface area contributed by atoms with E-state index in [1.165, 1.54) is 10.4 Å². The maximum absolute atomic E-state index is 6.19. The third kappa shape index (κ3) is 3.46. The minimum atomic E-state index is 0.211. The summed E-state index contributed by atoms with van der Waals surface area (Å²) in [6.45, 7) is 6.80. The summed E-state index contributed by atoms with van der Waals surface area (Å²) in [5.74, 6) is 0.970. The van der Waals surface area contributed by atoms with Gasteiger partial charge < -0.3 is 10.1 Å². The zero-order valence-corrected chi connectivity index (χ0v) is 14.3. The summed E-state index contributed by atoms with van der Waals surface area (Å²) >= 11 is 7.85. The van der Waals surface area contributed by atoms with Gasteiger partial charge in [0.1, 0.15) is 5.75 Å². The molecule has 1 aliphatic rings. The van der Waals surface area contributed by atoms with Gasteiger partial charge in [0.2, 0.25) is 0 Å². The molecule has 3 rings (SSSR count). The van der Waals surface area contributed by atoms with E-state index in [9.17, 15) is 0 Å². The fourth-order valence-electron chi connectivity index (χ4n) is 2.94. The Balaban J connectivity index is 2.01. The van der Waals surface area contributed by atoms with Crippen molar-refractivity contribution in [3.8, 4) is 5.75 Å². The van der Waals surface area contributed by atoms with Crippen molar-refractivity contribution in [2.45, 2.75) is 13.0 Å². The number of nitrogens with zero attached hydrogens (tertiary/aromatic N) is 1. The summed E-state index contributed by atoms with van der Waals surface area (Å²) in [7, 11) is 0. The van der Waals surface area contributed by atoms with Crippen LogP contribution < -0.4 is 10.1 Å². The van der Waals surface area contributed by atoms with Gasteiger partial charge in [0.05, 0.1) is 17.0 Å². The van der Waals surface area contributed by atoms with E-state index in [0.717, 1.165) is 36.3 Å². The summed E-state index contributed by atoms with van der Waals surface area (Å²) in [6, 6.07) is 12.7. The molecule has 118 valence electrons. The van der Waals surface area contributed by atoms with Gasteiger partial charge in [0, 0.05) is 36.6 Å². The van der Waals surface area contributed by atoms with Gasteiger partial charge in [0.15, 0.2) is 0 Å². The predicted molar refractivity (Wildman–Crippen MR) is 93.2 cm³/mol. The molecule has 0 amide bonds. The molecule has 1 aromatic carbocycles. The molecular formula is C17H21ClN2OS. The Morgan fingerprint density at radius 3 is 2.68 bits per heavy atom. The maximum Gasteiger partial charge on any atom is 0.124 e. The molecule has 3 nitrogen and oxygen atoms in total. The smallest absolute Gasteiger partial charge is 0.124 e. The minimum absolute atomic E-state index is 0.211. The van der Waals surface area contributed by atoms with Gasteiger partial charge >= 0.3 is 0 Å². The molecule has 0 radical (unpaired) electrons. The molecule has 22 heavy (non-hydrogen) atoms. The van der Waals surface area contributed by atoms with Gasteiger partial charge in [-0.05, 0) is 25.1 Å². The Hall–Kier alpha value is -1.07. The van der Waals surface area contributed by atoms with Crippen LogP contribution in [0, 0.1) is 0 Å². The van der Waals surface area contributed by atoms with Crippen molar-refractivity contribution < 1.29 is 4.74 Å².